The van der Waals surface area contributed by atoms with E-state index in [1.54, 1.807) is 0 Å². The Morgan fingerprint density at radius 3 is 2.44 bits per heavy atom. The number of hydrogen-bond acceptors (Lipinski definition) is 1. The first-order valence-corrected chi connectivity index (χ1v) is 6.69. The number of benzene rings is 2. The van der Waals surface area contributed by atoms with Gasteiger partial charge in [-0.3, -0.25) is 0 Å². The lowest BCUT2D eigenvalue weighted by molar-refractivity contribution is 0.784. The fourth-order valence-electron chi connectivity index (χ4n) is 2.57. The minimum absolute atomic E-state index is 0.637. The van der Waals surface area contributed by atoms with Crippen LogP contribution in [0.1, 0.15) is 17.9 Å². The highest BCUT2D eigenvalue weighted by Crippen LogP contribution is 2.44. The summed E-state index contributed by atoms with van der Waals surface area (Å²) >= 11 is 5.95. The van der Waals surface area contributed by atoms with Crippen LogP contribution >= 0.6 is 11.6 Å². The summed E-state index contributed by atoms with van der Waals surface area (Å²) in [6, 6.07) is 17.4. The van der Waals surface area contributed by atoms with Crippen LogP contribution < -0.4 is 5.32 Å². The van der Waals surface area contributed by atoms with Gasteiger partial charge in [0, 0.05) is 17.0 Å². The van der Waals surface area contributed by atoms with E-state index in [1.165, 1.54) is 23.1 Å². The zero-order valence-corrected chi connectivity index (χ0v) is 11.1. The first-order chi connectivity index (χ1) is 8.79. The molecule has 0 aliphatic heterocycles. The molecular formula is C16H16ClN. The van der Waals surface area contributed by atoms with Gasteiger partial charge in [-0.05, 0) is 42.3 Å². The Labute approximate surface area is 113 Å². The van der Waals surface area contributed by atoms with Crippen molar-refractivity contribution in [2.24, 2.45) is 0 Å². The van der Waals surface area contributed by atoms with Crippen molar-refractivity contribution in [3.8, 4) is 11.1 Å². The summed E-state index contributed by atoms with van der Waals surface area (Å²) < 4.78 is 0. The maximum Gasteiger partial charge on any atom is 0.0406 e. The quantitative estimate of drug-likeness (QED) is 0.874. The van der Waals surface area contributed by atoms with Crippen molar-refractivity contribution in [3.63, 3.8) is 0 Å². The van der Waals surface area contributed by atoms with Gasteiger partial charge in [0.2, 0.25) is 0 Å². The molecule has 0 aromatic heterocycles. The van der Waals surface area contributed by atoms with Gasteiger partial charge in [-0.2, -0.15) is 0 Å². The van der Waals surface area contributed by atoms with E-state index in [2.05, 4.69) is 41.7 Å². The van der Waals surface area contributed by atoms with Crippen LogP contribution in [0.25, 0.3) is 11.1 Å². The molecule has 1 fully saturated rings. The number of halogens is 1. The van der Waals surface area contributed by atoms with Crippen LogP contribution in [-0.4, -0.2) is 13.1 Å². The van der Waals surface area contributed by atoms with Gasteiger partial charge in [0.25, 0.3) is 0 Å². The average molecular weight is 258 g/mol. The molecule has 0 bridgehead atoms. The third-order valence-electron chi connectivity index (χ3n) is 3.68. The maximum absolute atomic E-state index is 5.95. The first kappa shape index (κ1) is 11.8. The van der Waals surface area contributed by atoms with Crippen LogP contribution in [0.3, 0.4) is 0 Å². The molecule has 0 unspecified atom stereocenters. The van der Waals surface area contributed by atoms with Gasteiger partial charge in [0.05, 0.1) is 0 Å². The summed E-state index contributed by atoms with van der Waals surface area (Å²) in [5.74, 6) is 0.655. The van der Waals surface area contributed by atoms with Crippen LogP contribution in [0.15, 0.2) is 48.5 Å². The first-order valence-electron chi connectivity index (χ1n) is 6.31. The van der Waals surface area contributed by atoms with Crippen molar-refractivity contribution in [1.82, 2.24) is 5.32 Å². The Kier molecular flexibility index (Phi) is 3.11. The third kappa shape index (κ3) is 2.16. The molecule has 0 spiro atoms. The van der Waals surface area contributed by atoms with Crippen molar-refractivity contribution in [1.29, 1.82) is 0 Å². The lowest BCUT2D eigenvalue weighted by atomic mass is 9.96. The lowest BCUT2D eigenvalue weighted by Crippen LogP contribution is -2.10. The molecule has 0 amide bonds. The fourth-order valence-corrected chi connectivity index (χ4v) is 2.70. The van der Waals surface area contributed by atoms with Gasteiger partial charge in [0.15, 0.2) is 0 Å². The summed E-state index contributed by atoms with van der Waals surface area (Å²) in [7, 11) is 2.04. The van der Waals surface area contributed by atoms with Crippen LogP contribution in [0.4, 0.5) is 0 Å². The molecule has 2 aromatic carbocycles. The van der Waals surface area contributed by atoms with Gasteiger partial charge in [-0.25, -0.2) is 0 Å². The molecular weight excluding hydrogens is 242 g/mol. The molecule has 1 N–H and O–H groups in total. The summed E-state index contributed by atoms with van der Waals surface area (Å²) in [6.45, 7) is 0. The summed E-state index contributed by atoms with van der Waals surface area (Å²) in [4.78, 5) is 0. The highest BCUT2D eigenvalue weighted by molar-refractivity contribution is 6.30. The van der Waals surface area contributed by atoms with Gasteiger partial charge in [0.1, 0.15) is 0 Å². The molecule has 1 aliphatic carbocycles. The van der Waals surface area contributed by atoms with Crippen molar-refractivity contribution < 1.29 is 0 Å². The Hall–Kier alpha value is -1.31. The third-order valence-corrected chi connectivity index (χ3v) is 3.93. The second-order valence-electron chi connectivity index (χ2n) is 4.83. The van der Waals surface area contributed by atoms with Crippen LogP contribution in [-0.2, 0) is 0 Å². The van der Waals surface area contributed by atoms with Gasteiger partial charge in [-0.1, -0.05) is 48.0 Å². The topological polar surface area (TPSA) is 12.0 Å². The van der Waals surface area contributed by atoms with Crippen LogP contribution in [0.2, 0.25) is 5.02 Å². The molecule has 18 heavy (non-hydrogen) atoms. The van der Waals surface area contributed by atoms with Gasteiger partial charge >= 0.3 is 0 Å². The van der Waals surface area contributed by atoms with Crippen molar-refractivity contribution >= 4 is 11.6 Å². The van der Waals surface area contributed by atoms with E-state index >= 15 is 0 Å². The zero-order chi connectivity index (χ0) is 12.5. The predicted octanol–water partition coefficient (Wildman–Crippen LogP) is 4.08. The van der Waals surface area contributed by atoms with Crippen LogP contribution in [0.5, 0.6) is 0 Å². The van der Waals surface area contributed by atoms with E-state index < -0.39 is 0 Å². The van der Waals surface area contributed by atoms with E-state index in [4.69, 9.17) is 11.6 Å². The summed E-state index contributed by atoms with van der Waals surface area (Å²) in [5.41, 5.74) is 4.02. The number of likely N-dealkylation sites (N-methyl/N-ethyl adjacent to an activating group) is 1. The Balaban J connectivity index is 1.99. The minimum Gasteiger partial charge on any atom is -0.316 e. The van der Waals surface area contributed by atoms with Crippen molar-refractivity contribution in [2.75, 3.05) is 7.05 Å². The van der Waals surface area contributed by atoms with Gasteiger partial charge in [-0.15, -0.1) is 0 Å². The average Bonchev–Trinajstić information content (AvgIpc) is 3.19. The van der Waals surface area contributed by atoms with Crippen molar-refractivity contribution in [2.45, 2.75) is 18.4 Å². The second-order valence-corrected chi connectivity index (χ2v) is 5.27. The number of hydrogen-bond donors (Lipinski definition) is 1. The largest absolute Gasteiger partial charge is 0.316 e. The molecule has 0 heterocycles. The molecule has 2 atom stereocenters. The Bertz CT molecular complexity index is 547. The van der Waals surface area contributed by atoms with E-state index in [0.29, 0.717) is 12.0 Å². The fraction of sp³-hybridized carbons (Fsp3) is 0.250. The molecule has 0 saturated heterocycles. The van der Waals surface area contributed by atoms with Crippen molar-refractivity contribution in [3.05, 3.63) is 59.1 Å². The lowest BCUT2D eigenvalue weighted by Gasteiger charge is -2.09. The van der Waals surface area contributed by atoms with E-state index in [-0.39, 0.29) is 0 Å². The molecule has 1 nitrogen and oxygen atoms in total. The second kappa shape index (κ2) is 4.75. The maximum atomic E-state index is 5.95. The van der Waals surface area contributed by atoms with E-state index in [0.717, 1.165) is 5.02 Å². The van der Waals surface area contributed by atoms with Crippen LogP contribution in [0, 0.1) is 0 Å². The Morgan fingerprint density at radius 1 is 1.06 bits per heavy atom. The number of nitrogens with one attached hydrogen (secondary N) is 1. The summed E-state index contributed by atoms with van der Waals surface area (Å²) in [6.07, 6.45) is 1.24. The van der Waals surface area contributed by atoms with Gasteiger partial charge < -0.3 is 5.32 Å². The highest BCUT2D eigenvalue weighted by Gasteiger charge is 2.38. The van der Waals surface area contributed by atoms with E-state index in [9.17, 15) is 0 Å². The summed E-state index contributed by atoms with van der Waals surface area (Å²) in [5, 5.41) is 4.14. The molecule has 2 heteroatoms. The smallest absolute Gasteiger partial charge is 0.0406 e. The molecule has 92 valence electrons. The molecule has 1 aliphatic rings. The predicted molar refractivity (Wildman–Crippen MR) is 77.1 cm³/mol. The normalized spacial score (nSPS) is 21.9. The standard InChI is InChI=1S/C16H16ClN/c1-18-16-10-15(16)14-5-3-2-4-13(14)11-6-8-12(17)9-7-11/h2-9,15-16,18H,10H2,1H3/t15-,16+/m0/s1. The molecule has 0 radical (unpaired) electrons. The molecule has 3 rings (SSSR count). The Morgan fingerprint density at radius 2 is 1.78 bits per heavy atom. The highest BCUT2D eigenvalue weighted by atomic mass is 35.5. The molecule has 2 aromatic rings. The monoisotopic (exact) mass is 257 g/mol. The minimum atomic E-state index is 0.637. The SMILES string of the molecule is CN[C@@H]1C[C@H]1c1ccccc1-c1ccc(Cl)cc1. The zero-order valence-electron chi connectivity index (χ0n) is 10.4. The number of rotatable bonds is 3. The van der Waals surface area contributed by atoms with E-state index in [1.807, 2.05) is 19.2 Å². The molecule has 1 saturated carbocycles.